The van der Waals surface area contributed by atoms with Crippen LogP contribution in [0.4, 0.5) is 14.5 Å². The highest BCUT2D eigenvalue weighted by molar-refractivity contribution is 6.04. The summed E-state index contributed by atoms with van der Waals surface area (Å²) >= 11 is 0. The Bertz CT molecular complexity index is 664. The van der Waals surface area contributed by atoms with Crippen LogP contribution in [-0.2, 0) is 0 Å². The van der Waals surface area contributed by atoms with E-state index in [1.165, 1.54) is 31.3 Å². The molecule has 108 valence electrons. The van der Waals surface area contributed by atoms with E-state index in [-0.39, 0.29) is 11.5 Å². The van der Waals surface area contributed by atoms with Crippen molar-refractivity contribution in [3.05, 3.63) is 65.2 Å². The average Bonchev–Trinajstić information content (AvgIpc) is 2.46. The summed E-state index contributed by atoms with van der Waals surface area (Å²) in [6.45, 7) is 0. The van der Waals surface area contributed by atoms with Crippen molar-refractivity contribution in [2.24, 2.45) is 0 Å². The van der Waals surface area contributed by atoms with Crippen molar-refractivity contribution in [3.8, 4) is 0 Å². The van der Waals surface area contributed by atoms with Gasteiger partial charge in [0.25, 0.3) is 11.8 Å². The van der Waals surface area contributed by atoms with Crippen molar-refractivity contribution in [2.75, 3.05) is 12.4 Å². The van der Waals surface area contributed by atoms with E-state index in [0.717, 1.165) is 12.1 Å². The van der Waals surface area contributed by atoms with Crippen LogP contribution < -0.4 is 10.6 Å². The van der Waals surface area contributed by atoms with Gasteiger partial charge in [-0.05, 0) is 36.4 Å². The van der Waals surface area contributed by atoms with E-state index in [0.29, 0.717) is 17.3 Å². The number of hydrogen-bond acceptors (Lipinski definition) is 2. The van der Waals surface area contributed by atoms with Gasteiger partial charge in [-0.3, -0.25) is 9.59 Å². The first-order chi connectivity index (χ1) is 9.99. The Morgan fingerprint density at radius 1 is 0.857 bits per heavy atom. The van der Waals surface area contributed by atoms with Gasteiger partial charge in [-0.25, -0.2) is 8.78 Å². The molecule has 0 heterocycles. The lowest BCUT2D eigenvalue weighted by molar-refractivity contribution is 0.0962. The summed E-state index contributed by atoms with van der Waals surface area (Å²) in [5.41, 5.74) is 0.729. The number of amides is 2. The first kappa shape index (κ1) is 14.6. The third kappa shape index (κ3) is 3.62. The topological polar surface area (TPSA) is 58.2 Å². The van der Waals surface area contributed by atoms with E-state index < -0.39 is 17.5 Å². The van der Waals surface area contributed by atoms with E-state index >= 15 is 0 Å². The second-order valence-electron chi connectivity index (χ2n) is 4.27. The average molecular weight is 290 g/mol. The fourth-order valence-corrected chi connectivity index (χ4v) is 1.74. The summed E-state index contributed by atoms with van der Waals surface area (Å²) < 4.78 is 26.1. The van der Waals surface area contributed by atoms with E-state index in [9.17, 15) is 18.4 Å². The van der Waals surface area contributed by atoms with Crippen molar-refractivity contribution in [3.63, 3.8) is 0 Å². The van der Waals surface area contributed by atoms with Crippen LogP contribution in [0, 0.1) is 11.6 Å². The fourth-order valence-electron chi connectivity index (χ4n) is 1.74. The summed E-state index contributed by atoms with van der Waals surface area (Å²) in [6.07, 6.45) is 0. The molecule has 0 fully saturated rings. The summed E-state index contributed by atoms with van der Waals surface area (Å²) in [6, 6.07) is 8.68. The molecule has 0 atom stereocenters. The van der Waals surface area contributed by atoms with Crippen LogP contribution in [-0.4, -0.2) is 18.9 Å². The monoisotopic (exact) mass is 290 g/mol. The van der Waals surface area contributed by atoms with E-state index in [1.54, 1.807) is 0 Å². The second kappa shape index (κ2) is 6.13. The van der Waals surface area contributed by atoms with Gasteiger partial charge in [-0.1, -0.05) is 0 Å². The zero-order valence-corrected chi connectivity index (χ0v) is 11.1. The molecule has 6 heteroatoms. The highest BCUT2D eigenvalue weighted by atomic mass is 19.1. The molecule has 0 bridgehead atoms. The summed E-state index contributed by atoms with van der Waals surface area (Å²) in [4.78, 5) is 23.2. The van der Waals surface area contributed by atoms with Gasteiger partial charge in [0.1, 0.15) is 11.6 Å². The molecule has 0 saturated heterocycles. The van der Waals surface area contributed by atoms with Crippen molar-refractivity contribution < 1.29 is 18.4 Å². The first-order valence-corrected chi connectivity index (χ1v) is 6.09. The molecule has 0 saturated carbocycles. The highest BCUT2D eigenvalue weighted by Gasteiger charge is 2.10. The molecule has 2 aromatic carbocycles. The van der Waals surface area contributed by atoms with Gasteiger partial charge in [0.2, 0.25) is 0 Å². The highest BCUT2D eigenvalue weighted by Crippen LogP contribution is 2.13. The van der Waals surface area contributed by atoms with E-state index in [4.69, 9.17) is 0 Å². The van der Waals surface area contributed by atoms with Gasteiger partial charge in [-0.2, -0.15) is 0 Å². The molecule has 2 aromatic rings. The lowest BCUT2D eigenvalue weighted by atomic mass is 10.1. The van der Waals surface area contributed by atoms with Crippen LogP contribution in [0.15, 0.2) is 42.5 Å². The predicted molar refractivity (Wildman–Crippen MR) is 74.1 cm³/mol. The molecule has 0 aliphatic heterocycles. The molecule has 2 rings (SSSR count). The van der Waals surface area contributed by atoms with E-state index in [2.05, 4.69) is 10.6 Å². The molecule has 21 heavy (non-hydrogen) atoms. The van der Waals surface area contributed by atoms with Crippen LogP contribution in [0.25, 0.3) is 0 Å². The Hall–Kier alpha value is -2.76. The van der Waals surface area contributed by atoms with E-state index in [1.807, 2.05) is 0 Å². The molecule has 0 aromatic heterocycles. The van der Waals surface area contributed by atoms with Crippen LogP contribution in [0.1, 0.15) is 20.7 Å². The van der Waals surface area contributed by atoms with Crippen LogP contribution in [0.2, 0.25) is 0 Å². The van der Waals surface area contributed by atoms with Gasteiger partial charge in [-0.15, -0.1) is 0 Å². The van der Waals surface area contributed by atoms with Crippen molar-refractivity contribution in [2.45, 2.75) is 0 Å². The Morgan fingerprint density at radius 3 is 1.95 bits per heavy atom. The zero-order valence-electron chi connectivity index (χ0n) is 11.1. The normalized spacial score (nSPS) is 10.0. The summed E-state index contributed by atoms with van der Waals surface area (Å²) in [5.74, 6) is -2.54. The number of nitrogens with one attached hydrogen (secondary N) is 2. The number of hydrogen-bond donors (Lipinski definition) is 2. The minimum atomic E-state index is -0.824. The van der Waals surface area contributed by atoms with Crippen LogP contribution in [0.3, 0.4) is 0 Å². The number of anilines is 1. The second-order valence-corrected chi connectivity index (χ2v) is 4.27. The molecule has 4 nitrogen and oxygen atoms in total. The first-order valence-electron chi connectivity index (χ1n) is 6.09. The molecule has 2 amide bonds. The number of rotatable bonds is 3. The molecular weight excluding hydrogens is 278 g/mol. The number of carbonyl (C=O) groups is 2. The third-order valence-electron chi connectivity index (χ3n) is 2.76. The largest absolute Gasteiger partial charge is 0.355 e. The van der Waals surface area contributed by atoms with Crippen molar-refractivity contribution >= 4 is 17.5 Å². The molecular formula is C15H12F2N2O2. The standard InChI is InChI=1S/C15H12F2N2O2/c1-18-14(20)9-2-4-13(5-3-9)19-15(21)10-6-11(16)8-12(17)7-10/h2-8H,1H3,(H,18,20)(H,19,21). The molecule has 0 unspecified atom stereocenters. The number of carbonyl (C=O) groups excluding carboxylic acids is 2. The Kier molecular flexibility index (Phi) is 4.27. The number of halogens is 2. The van der Waals surface area contributed by atoms with Gasteiger partial charge < -0.3 is 10.6 Å². The summed E-state index contributed by atoms with van der Waals surface area (Å²) in [7, 11) is 1.51. The Labute approximate surface area is 119 Å². The lowest BCUT2D eigenvalue weighted by Crippen LogP contribution is -2.18. The van der Waals surface area contributed by atoms with Gasteiger partial charge >= 0.3 is 0 Å². The Morgan fingerprint density at radius 2 is 1.43 bits per heavy atom. The molecule has 0 aliphatic carbocycles. The molecule has 0 aliphatic rings. The van der Waals surface area contributed by atoms with Crippen molar-refractivity contribution in [1.29, 1.82) is 0 Å². The maximum absolute atomic E-state index is 13.0. The van der Waals surface area contributed by atoms with Crippen LogP contribution in [0.5, 0.6) is 0 Å². The van der Waals surface area contributed by atoms with Gasteiger partial charge in [0, 0.05) is 29.9 Å². The van der Waals surface area contributed by atoms with Crippen LogP contribution >= 0.6 is 0 Å². The lowest BCUT2D eigenvalue weighted by Gasteiger charge is -2.06. The Balaban J connectivity index is 2.14. The van der Waals surface area contributed by atoms with Gasteiger partial charge in [0.05, 0.1) is 0 Å². The third-order valence-corrected chi connectivity index (χ3v) is 2.76. The SMILES string of the molecule is CNC(=O)c1ccc(NC(=O)c2cc(F)cc(F)c2)cc1. The fraction of sp³-hybridized carbons (Fsp3) is 0.0667. The minimum absolute atomic E-state index is 0.122. The van der Waals surface area contributed by atoms with Crippen molar-refractivity contribution in [1.82, 2.24) is 5.32 Å². The molecule has 2 N–H and O–H groups in total. The summed E-state index contributed by atoms with van der Waals surface area (Å²) in [5, 5.41) is 4.96. The molecule has 0 radical (unpaired) electrons. The molecule has 0 spiro atoms. The maximum atomic E-state index is 13.0. The zero-order chi connectivity index (χ0) is 15.4. The predicted octanol–water partition coefficient (Wildman–Crippen LogP) is 2.58. The minimum Gasteiger partial charge on any atom is -0.355 e. The number of benzene rings is 2. The quantitative estimate of drug-likeness (QED) is 0.912. The maximum Gasteiger partial charge on any atom is 0.255 e. The van der Waals surface area contributed by atoms with Gasteiger partial charge in [0.15, 0.2) is 0 Å². The smallest absolute Gasteiger partial charge is 0.255 e.